The van der Waals surface area contributed by atoms with Crippen molar-refractivity contribution in [3.05, 3.63) is 34.9 Å². The average molecular weight is 276 g/mol. The number of nitrogens with zero attached hydrogens (tertiary/aromatic N) is 1. The summed E-state index contributed by atoms with van der Waals surface area (Å²) in [6.45, 7) is 15.7. The number of rotatable bonds is 9. The molecule has 1 N–H and O–H groups in total. The van der Waals surface area contributed by atoms with E-state index in [2.05, 4.69) is 63.0 Å². The molecule has 0 aliphatic carbocycles. The largest absolute Gasteiger partial charge is 0.310 e. The molecule has 1 atom stereocenters. The third kappa shape index (κ3) is 5.64. The second-order valence-corrected chi connectivity index (χ2v) is 5.81. The van der Waals surface area contributed by atoms with Crippen molar-refractivity contribution in [2.45, 2.75) is 60.0 Å². The van der Waals surface area contributed by atoms with Gasteiger partial charge >= 0.3 is 0 Å². The number of benzene rings is 1. The summed E-state index contributed by atoms with van der Waals surface area (Å²) < 4.78 is 0. The van der Waals surface area contributed by atoms with Crippen LogP contribution in [-0.2, 0) is 6.54 Å². The van der Waals surface area contributed by atoms with E-state index in [1.807, 2.05) is 0 Å². The van der Waals surface area contributed by atoms with Gasteiger partial charge in [-0.05, 0) is 69.9 Å². The van der Waals surface area contributed by atoms with E-state index in [0.29, 0.717) is 6.04 Å². The number of hydrogen-bond donors (Lipinski definition) is 1. The minimum atomic E-state index is 0.588. The van der Waals surface area contributed by atoms with Gasteiger partial charge in [0.05, 0.1) is 0 Å². The summed E-state index contributed by atoms with van der Waals surface area (Å²) in [7, 11) is 0. The van der Waals surface area contributed by atoms with Crippen molar-refractivity contribution in [3.8, 4) is 0 Å². The summed E-state index contributed by atoms with van der Waals surface area (Å²) >= 11 is 0. The van der Waals surface area contributed by atoms with Crippen LogP contribution in [0.4, 0.5) is 0 Å². The Kier molecular flexibility index (Phi) is 7.86. The van der Waals surface area contributed by atoms with E-state index in [4.69, 9.17) is 0 Å². The minimum Gasteiger partial charge on any atom is -0.310 e. The van der Waals surface area contributed by atoms with E-state index in [1.54, 1.807) is 0 Å². The van der Waals surface area contributed by atoms with Crippen molar-refractivity contribution in [1.82, 2.24) is 10.2 Å². The van der Waals surface area contributed by atoms with Gasteiger partial charge in [0.25, 0.3) is 0 Å². The molecule has 0 spiro atoms. The van der Waals surface area contributed by atoms with Crippen LogP contribution in [0, 0.1) is 13.8 Å². The molecule has 1 aromatic rings. The van der Waals surface area contributed by atoms with Gasteiger partial charge in [-0.25, -0.2) is 0 Å². The van der Waals surface area contributed by atoms with Crippen LogP contribution in [0.25, 0.3) is 0 Å². The molecule has 0 aliphatic rings. The lowest BCUT2D eigenvalue weighted by molar-refractivity contribution is 0.290. The Morgan fingerprint density at radius 3 is 2.50 bits per heavy atom. The molecule has 114 valence electrons. The van der Waals surface area contributed by atoms with E-state index in [-0.39, 0.29) is 0 Å². The lowest BCUT2D eigenvalue weighted by atomic mass is 10.0. The highest BCUT2D eigenvalue weighted by molar-refractivity contribution is 5.32. The summed E-state index contributed by atoms with van der Waals surface area (Å²) in [5.74, 6) is 0. The van der Waals surface area contributed by atoms with Crippen molar-refractivity contribution in [1.29, 1.82) is 0 Å². The normalized spacial score (nSPS) is 12.9. The van der Waals surface area contributed by atoms with Crippen LogP contribution >= 0.6 is 0 Å². The average Bonchev–Trinajstić information content (AvgIpc) is 2.45. The molecular weight excluding hydrogens is 244 g/mol. The molecule has 0 aliphatic heterocycles. The molecule has 0 radical (unpaired) electrons. The Hall–Kier alpha value is -0.860. The molecule has 0 saturated heterocycles. The lowest BCUT2D eigenvalue weighted by Gasteiger charge is -2.20. The molecule has 0 heterocycles. The topological polar surface area (TPSA) is 15.3 Å². The first-order chi connectivity index (χ1) is 9.58. The third-order valence-electron chi connectivity index (χ3n) is 4.36. The van der Waals surface area contributed by atoms with Gasteiger partial charge in [-0.3, -0.25) is 0 Å². The van der Waals surface area contributed by atoms with Gasteiger partial charge in [-0.15, -0.1) is 0 Å². The summed E-state index contributed by atoms with van der Waals surface area (Å²) in [4.78, 5) is 2.50. The SMILES string of the molecule is CCN(CC)CCCC(C)NCc1cccc(C)c1C. The Morgan fingerprint density at radius 1 is 1.15 bits per heavy atom. The highest BCUT2D eigenvalue weighted by Crippen LogP contribution is 2.12. The van der Waals surface area contributed by atoms with Crippen molar-refractivity contribution in [3.63, 3.8) is 0 Å². The second-order valence-electron chi connectivity index (χ2n) is 5.81. The number of hydrogen-bond acceptors (Lipinski definition) is 2. The third-order valence-corrected chi connectivity index (χ3v) is 4.36. The van der Waals surface area contributed by atoms with E-state index < -0.39 is 0 Å². The van der Waals surface area contributed by atoms with Crippen LogP contribution in [0.3, 0.4) is 0 Å². The highest BCUT2D eigenvalue weighted by atomic mass is 15.1. The van der Waals surface area contributed by atoms with Gasteiger partial charge in [0.15, 0.2) is 0 Å². The molecule has 0 fully saturated rings. The summed E-state index contributed by atoms with van der Waals surface area (Å²) in [5, 5.41) is 3.66. The Bertz CT molecular complexity index is 383. The van der Waals surface area contributed by atoms with Gasteiger partial charge in [0.2, 0.25) is 0 Å². The standard InChI is InChI=1S/C18H32N2/c1-6-20(7-2)13-9-11-16(4)19-14-18-12-8-10-15(3)17(18)5/h8,10,12,16,19H,6-7,9,11,13-14H2,1-5H3. The summed E-state index contributed by atoms with van der Waals surface area (Å²) in [6, 6.07) is 7.17. The molecule has 0 bridgehead atoms. The molecule has 1 unspecified atom stereocenters. The van der Waals surface area contributed by atoms with Gasteiger partial charge in [-0.1, -0.05) is 32.0 Å². The maximum Gasteiger partial charge on any atom is 0.0210 e. The zero-order valence-corrected chi connectivity index (χ0v) is 14.0. The van der Waals surface area contributed by atoms with Crippen molar-refractivity contribution >= 4 is 0 Å². The van der Waals surface area contributed by atoms with Gasteiger partial charge in [0.1, 0.15) is 0 Å². The molecular formula is C18H32N2. The summed E-state index contributed by atoms with van der Waals surface area (Å²) in [6.07, 6.45) is 2.53. The van der Waals surface area contributed by atoms with Crippen molar-refractivity contribution < 1.29 is 0 Å². The van der Waals surface area contributed by atoms with Crippen LogP contribution in [0.15, 0.2) is 18.2 Å². The molecule has 0 saturated carbocycles. The predicted molar refractivity (Wildman–Crippen MR) is 89.2 cm³/mol. The summed E-state index contributed by atoms with van der Waals surface area (Å²) in [5.41, 5.74) is 4.24. The molecule has 20 heavy (non-hydrogen) atoms. The molecule has 1 aromatic carbocycles. The van der Waals surface area contributed by atoms with Crippen molar-refractivity contribution in [2.24, 2.45) is 0 Å². The Labute approximate surface area is 125 Å². The molecule has 1 rings (SSSR count). The maximum atomic E-state index is 3.66. The quantitative estimate of drug-likeness (QED) is 0.736. The second kappa shape index (κ2) is 9.15. The molecule has 0 aromatic heterocycles. The lowest BCUT2D eigenvalue weighted by Crippen LogP contribution is -2.29. The highest BCUT2D eigenvalue weighted by Gasteiger charge is 2.05. The number of aryl methyl sites for hydroxylation is 1. The minimum absolute atomic E-state index is 0.588. The maximum absolute atomic E-state index is 3.66. The Balaban J connectivity index is 2.29. The van der Waals surface area contributed by atoms with E-state index in [9.17, 15) is 0 Å². The monoisotopic (exact) mass is 276 g/mol. The van der Waals surface area contributed by atoms with Crippen LogP contribution in [0.2, 0.25) is 0 Å². The fourth-order valence-corrected chi connectivity index (χ4v) is 2.55. The fourth-order valence-electron chi connectivity index (χ4n) is 2.55. The van der Waals surface area contributed by atoms with Gasteiger partial charge in [0, 0.05) is 12.6 Å². The van der Waals surface area contributed by atoms with Gasteiger partial charge < -0.3 is 10.2 Å². The molecule has 0 amide bonds. The first kappa shape index (κ1) is 17.2. The smallest absolute Gasteiger partial charge is 0.0210 e. The van der Waals surface area contributed by atoms with Gasteiger partial charge in [-0.2, -0.15) is 0 Å². The van der Waals surface area contributed by atoms with E-state index in [1.165, 1.54) is 49.2 Å². The van der Waals surface area contributed by atoms with Crippen LogP contribution < -0.4 is 5.32 Å². The van der Waals surface area contributed by atoms with E-state index in [0.717, 1.165) is 6.54 Å². The first-order valence-electron chi connectivity index (χ1n) is 8.09. The molecule has 2 nitrogen and oxygen atoms in total. The first-order valence-corrected chi connectivity index (χ1v) is 8.09. The van der Waals surface area contributed by atoms with Crippen LogP contribution in [0.1, 0.15) is 50.3 Å². The van der Waals surface area contributed by atoms with Crippen LogP contribution in [0.5, 0.6) is 0 Å². The van der Waals surface area contributed by atoms with Crippen LogP contribution in [-0.4, -0.2) is 30.6 Å². The molecule has 2 heteroatoms. The fraction of sp³-hybridized carbons (Fsp3) is 0.667. The Morgan fingerprint density at radius 2 is 1.85 bits per heavy atom. The zero-order valence-electron chi connectivity index (χ0n) is 14.0. The van der Waals surface area contributed by atoms with E-state index >= 15 is 0 Å². The number of nitrogens with one attached hydrogen (secondary N) is 1. The zero-order chi connectivity index (χ0) is 15.0. The van der Waals surface area contributed by atoms with Crippen molar-refractivity contribution in [2.75, 3.05) is 19.6 Å². The predicted octanol–water partition coefficient (Wildman–Crippen LogP) is 3.90.